The van der Waals surface area contributed by atoms with Crippen molar-refractivity contribution < 1.29 is 19.0 Å². The molecule has 3 aliphatic heterocycles. The number of anilines is 1. The van der Waals surface area contributed by atoms with Crippen molar-refractivity contribution in [1.29, 1.82) is 0 Å². The summed E-state index contributed by atoms with van der Waals surface area (Å²) in [5, 5.41) is 4.46. The second-order valence-electron chi connectivity index (χ2n) is 8.70. The Hall–Kier alpha value is -2.26. The van der Waals surface area contributed by atoms with Crippen LogP contribution in [0.2, 0.25) is 0 Å². The van der Waals surface area contributed by atoms with Gasteiger partial charge in [-0.3, -0.25) is 9.69 Å². The summed E-state index contributed by atoms with van der Waals surface area (Å²) in [6.07, 6.45) is 1.08. The lowest BCUT2D eigenvalue weighted by Gasteiger charge is -2.37. The number of ether oxygens (including phenoxy) is 3. The van der Waals surface area contributed by atoms with Crippen molar-refractivity contribution in [2.75, 3.05) is 77.7 Å². The summed E-state index contributed by atoms with van der Waals surface area (Å²) in [7, 11) is 0. The van der Waals surface area contributed by atoms with E-state index in [9.17, 15) is 4.79 Å². The molecule has 8 nitrogen and oxygen atoms in total. The topological polar surface area (TPSA) is 76.2 Å². The summed E-state index contributed by atoms with van der Waals surface area (Å²) in [6, 6.07) is 10.2. The molecule has 0 bridgehead atoms. The van der Waals surface area contributed by atoms with Crippen molar-refractivity contribution in [1.82, 2.24) is 14.8 Å². The van der Waals surface area contributed by atoms with E-state index in [0.717, 1.165) is 69.2 Å². The fourth-order valence-electron chi connectivity index (χ4n) is 4.95. The Labute approximate surface area is 188 Å². The fraction of sp³-hybridized carbons (Fsp3) is 0.583. The summed E-state index contributed by atoms with van der Waals surface area (Å²) in [5.74, 6) is 1.29. The van der Waals surface area contributed by atoms with Crippen molar-refractivity contribution in [3.63, 3.8) is 0 Å². The Morgan fingerprint density at radius 1 is 1.03 bits per heavy atom. The first-order valence-corrected chi connectivity index (χ1v) is 11.7. The van der Waals surface area contributed by atoms with Crippen LogP contribution < -0.4 is 5.32 Å². The van der Waals surface area contributed by atoms with Gasteiger partial charge in [-0.05, 0) is 18.6 Å². The van der Waals surface area contributed by atoms with Crippen LogP contribution in [0.1, 0.15) is 16.8 Å². The molecule has 1 N–H and O–H groups in total. The number of carbonyl (C=O) groups excluding carboxylic acids is 1. The lowest BCUT2D eigenvalue weighted by molar-refractivity contribution is 0.00460. The summed E-state index contributed by atoms with van der Waals surface area (Å²) >= 11 is 0. The highest BCUT2D eigenvalue weighted by atomic mass is 16.5. The lowest BCUT2D eigenvalue weighted by atomic mass is 9.97. The van der Waals surface area contributed by atoms with Gasteiger partial charge in [0.2, 0.25) is 0 Å². The van der Waals surface area contributed by atoms with E-state index < -0.39 is 0 Å². The van der Waals surface area contributed by atoms with E-state index in [4.69, 9.17) is 19.2 Å². The molecule has 0 aliphatic carbocycles. The summed E-state index contributed by atoms with van der Waals surface area (Å²) in [4.78, 5) is 22.5. The number of benzene rings is 1. The van der Waals surface area contributed by atoms with Gasteiger partial charge < -0.3 is 24.4 Å². The first-order valence-electron chi connectivity index (χ1n) is 11.7. The minimum Gasteiger partial charge on any atom is -0.381 e. The zero-order chi connectivity index (χ0) is 21.8. The molecule has 172 valence electrons. The minimum absolute atomic E-state index is 0.0453. The number of morpholine rings is 2. The van der Waals surface area contributed by atoms with E-state index >= 15 is 0 Å². The molecule has 8 heteroatoms. The first-order chi connectivity index (χ1) is 15.8. The van der Waals surface area contributed by atoms with Crippen LogP contribution in [0.4, 0.5) is 5.82 Å². The van der Waals surface area contributed by atoms with Crippen LogP contribution in [0.3, 0.4) is 0 Å². The number of pyridine rings is 1. The number of fused-ring (bicyclic) bond motifs is 1. The van der Waals surface area contributed by atoms with Crippen LogP contribution in [0.25, 0.3) is 10.9 Å². The van der Waals surface area contributed by atoms with Gasteiger partial charge in [0.05, 0.1) is 44.1 Å². The normalized spacial score (nSPS) is 23.4. The molecule has 3 aliphatic rings. The van der Waals surface area contributed by atoms with Gasteiger partial charge in [-0.1, -0.05) is 18.2 Å². The van der Waals surface area contributed by atoms with E-state index in [0.29, 0.717) is 43.8 Å². The minimum atomic E-state index is 0.0453. The maximum atomic E-state index is 13.3. The number of aromatic nitrogens is 1. The molecule has 0 radical (unpaired) electrons. The third-order valence-electron chi connectivity index (χ3n) is 6.76. The van der Waals surface area contributed by atoms with Crippen molar-refractivity contribution in [3.05, 3.63) is 35.9 Å². The molecular formula is C24H32N4O4. The third-order valence-corrected chi connectivity index (χ3v) is 6.76. The van der Waals surface area contributed by atoms with Crippen LogP contribution in [-0.4, -0.2) is 99.1 Å². The largest absolute Gasteiger partial charge is 0.381 e. The highest BCUT2D eigenvalue weighted by Crippen LogP contribution is 2.25. The number of carbonyl (C=O) groups is 1. The quantitative estimate of drug-likeness (QED) is 0.735. The fourth-order valence-corrected chi connectivity index (χ4v) is 4.95. The van der Waals surface area contributed by atoms with Crippen molar-refractivity contribution in [2.24, 2.45) is 5.92 Å². The Balaban J connectivity index is 1.38. The van der Waals surface area contributed by atoms with Gasteiger partial charge in [0, 0.05) is 56.7 Å². The number of para-hydroxylation sites is 1. The Kier molecular flexibility index (Phi) is 6.83. The lowest BCUT2D eigenvalue weighted by Crippen LogP contribution is -2.50. The summed E-state index contributed by atoms with van der Waals surface area (Å²) in [5.41, 5.74) is 1.54. The van der Waals surface area contributed by atoms with E-state index in [1.54, 1.807) is 0 Å². The second kappa shape index (κ2) is 10.1. The van der Waals surface area contributed by atoms with E-state index in [-0.39, 0.29) is 5.91 Å². The van der Waals surface area contributed by atoms with E-state index in [2.05, 4.69) is 10.2 Å². The SMILES string of the molecule is O=C(c1cc(NCC(C2CCOC2)N2CCOCC2)nc2ccccc12)N1CCOCC1. The Morgan fingerprint density at radius 2 is 1.78 bits per heavy atom. The van der Waals surface area contributed by atoms with Gasteiger partial charge in [-0.25, -0.2) is 4.98 Å². The van der Waals surface area contributed by atoms with Crippen LogP contribution in [0.5, 0.6) is 0 Å². The molecular weight excluding hydrogens is 408 g/mol. The molecule has 2 unspecified atom stereocenters. The molecule has 4 heterocycles. The molecule has 2 aromatic rings. The van der Waals surface area contributed by atoms with Gasteiger partial charge in [-0.15, -0.1) is 0 Å². The smallest absolute Gasteiger partial charge is 0.254 e. The third kappa shape index (κ3) is 4.73. The van der Waals surface area contributed by atoms with Crippen LogP contribution in [0.15, 0.2) is 30.3 Å². The monoisotopic (exact) mass is 440 g/mol. The molecule has 1 amide bonds. The average Bonchev–Trinajstić information content (AvgIpc) is 3.39. The van der Waals surface area contributed by atoms with Gasteiger partial charge in [0.15, 0.2) is 0 Å². The van der Waals surface area contributed by atoms with Gasteiger partial charge >= 0.3 is 0 Å². The highest BCUT2D eigenvalue weighted by Gasteiger charge is 2.31. The number of nitrogens with zero attached hydrogens (tertiary/aromatic N) is 3. The molecule has 2 atom stereocenters. The summed E-state index contributed by atoms with van der Waals surface area (Å²) < 4.78 is 16.7. The van der Waals surface area contributed by atoms with E-state index in [1.165, 1.54) is 0 Å². The predicted octanol–water partition coefficient (Wildman–Crippen LogP) is 1.86. The molecule has 5 rings (SSSR count). The standard InChI is InChI=1S/C24H32N4O4/c29-24(28-8-13-31-14-9-28)20-15-23(26-21-4-2-1-3-19(20)21)25-16-22(18-5-10-32-17-18)27-6-11-30-12-7-27/h1-4,15,18,22H,5-14,16-17H2,(H,25,26). The van der Waals surface area contributed by atoms with Gasteiger partial charge in [-0.2, -0.15) is 0 Å². The van der Waals surface area contributed by atoms with Crippen molar-refractivity contribution in [2.45, 2.75) is 12.5 Å². The van der Waals surface area contributed by atoms with Crippen LogP contribution in [0, 0.1) is 5.92 Å². The average molecular weight is 441 g/mol. The number of hydrogen-bond donors (Lipinski definition) is 1. The van der Waals surface area contributed by atoms with E-state index in [1.807, 2.05) is 35.2 Å². The predicted molar refractivity (Wildman–Crippen MR) is 122 cm³/mol. The maximum absolute atomic E-state index is 13.3. The molecule has 0 saturated carbocycles. The molecule has 1 aromatic carbocycles. The number of rotatable bonds is 6. The van der Waals surface area contributed by atoms with Crippen molar-refractivity contribution >= 4 is 22.6 Å². The maximum Gasteiger partial charge on any atom is 0.254 e. The van der Waals surface area contributed by atoms with Gasteiger partial charge in [0.25, 0.3) is 5.91 Å². The van der Waals surface area contributed by atoms with Crippen LogP contribution >= 0.6 is 0 Å². The second-order valence-corrected chi connectivity index (χ2v) is 8.70. The summed E-state index contributed by atoms with van der Waals surface area (Å²) in [6.45, 7) is 8.25. The van der Waals surface area contributed by atoms with Gasteiger partial charge in [0.1, 0.15) is 5.82 Å². The number of amides is 1. The number of nitrogens with one attached hydrogen (secondary N) is 1. The van der Waals surface area contributed by atoms with Crippen molar-refractivity contribution in [3.8, 4) is 0 Å². The Morgan fingerprint density at radius 3 is 2.53 bits per heavy atom. The molecule has 0 spiro atoms. The first kappa shape index (κ1) is 21.6. The van der Waals surface area contributed by atoms with Crippen LogP contribution in [-0.2, 0) is 14.2 Å². The molecule has 32 heavy (non-hydrogen) atoms. The molecule has 3 fully saturated rings. The highest BCUT2D eigenvalue weighted by molar-refractivity contribution is 6.07. The zero-order valence-corrected chi connectivity index (χ0v) is 18.5. The number of hydrogen-bond acceptors (Lipinski definition) is 7. The molecule has 3 saturated heterocycles. The Bertz CT molecular complexity index is 921. The zero-order valence-electron chi connectivity index (χ0n) is 18.5. The molecule has 1 aromatic heterocycles.